The maximum Gasteiger partial charge on any atom is 0.244 e. The summed E-state index contributed by atoms with van der Waals surface area (Å²) in [6.45, 7) is 11.6. The summed E-state index contributed by atoms with van der Waals surface area (Å²) in [5.41, 5.74) is 5.91. The number of primary amides is 1. The standard InChI is InChI=1S/C9H17NO.C6H6S/c1-6(2)5-8(7(3)4)9(10)11;1-2-6-4-3-5-7-6/h5-7H,1-4H3,(H2,10,11);2-5H,1H2. The van der Waals surface area contributed by atoms with Crippen molar-refractivity contribution in [3.63, 3.8) is 0 Å². The van der Waals surface area contributed by atoms with E-state index in [1.165, 1.54) is 4.88 Å². The van der Waals surface area contributed by atoms with Gasteiger partial charge in [0, 0.05) is 10.5 Å². The highest BCUT2D eigenvalue weighted by Crippen LogP contribution is 2.11. The average molecular weight is 265 g/mol. The van der Waals surface area contributed by atoms with Crippen molar-refractivity contribution in [2.45, 2.75) is 27.7 Å². The zero-order chi connectivity index (χ0) is 14.1. The van der Waals surface area contributed by atoms with Crippen LogP contribution in [0.15, 0.2) is 35.7 Å². The van der Waals surface area contributed by atoms with Crippen molar-refractivity contribution in [1.82, 2.24) is 0 Å². The molecule has 1 aromatic rings. The van der Waals surface area contributed by atoms with Crippen molar-refractivity contribution < 1.29 is 4.79 Å². The Hall–Kier alpha value is -1.35. The molecule has 1 amide bonds. The second kappa shape index (κ2) is 8.70. The van der Waals surface area contributed by atoms with Crippen LogP contribution < -0.4 is 5.73 Å². The summed E-state index contributed by atoms with van der Waals surface area (Å²) in [4.78, 5) is 12.1. The third kappa shape index (κ3) is 7.07. The molecule has 0 radical (unpaired) electrons. The van der Waals surface area contributed by atoms with Crippen LogP contribution in [0.2, 0.25) is 0 Å². The number of allylic oxidation sites excluding steroid dienone is 1. The first-order valence-electron chi connectivity index (χ1n) is 6.05. The van der Waals surface area contributed by atoms with E-state index in [9.17, 15) is 4.79 Å². The zero-order valence-electron chi connectivity index (χ0n) is 11.6. The highest BCUT2D eigenvalue weighted by molar-refractivity contribution is 7.10. The number of thiophene rings is 1. The van der Waals surface area contributed by atoms with E-state index < -0.39 is 0 Å². The molecule has 0 aliphatic carbocycles. The monoisotopic (exact) mass is 265 g/mol. The molecule has 3 heteroatoms. The van der Waals surface area contributed by atoms with Crippen molar-refractivity contribution in [2.75, 3.05) is 0 Å². The Balaban J connectivity index is 0.000000351. The molecule has 0 bridgehead atoms. The van der Waals surface area contributed by atoms with Gasteiger partial charge in [0.1, 0.15) is 0 Å². The van der Waals surface area contributed by atoms with Crippen LogP contribution >= 0.6 is 11.3 Å². The number of rotatable bonds is 4. The summed E-state index contributed by atoms with van der Waals surface area (Å²) in [6, 6.07) is 4.05. The third-order valence-corrected chi connectivity index (χ3v) is 3.03. The molecule has 0 atom stereocenters. The van der Waals surface area contributed by atoms with Crippen LogP contribution in [-0.4, -0.2) is 5.91 Å². The van der Waals surface area contributed by atoms with Crippen LogP contribution in [-0.2, 0) is 4.79 Å². The quantitative estimate of drug-likeness (QED) is 0.818. The van der Waals surface area contributed by atoms with Gasteiger partial charge in [-0.2, -0.15) is 0 Å². The van der Waals surface area contributed by atoms with E-state index >= 15 is 0 Å². The molecule has 0 aliphatic heterocycles. The van der Waals surface area contributed by atoms with Gasteiger partial charge in [-0.3, -0.25) is 4.79 Å². The summed E-state index contributed by atoms with van der Waals surface area (Å²) in [5, 5.41) is 2.04. The lowest BCUT2D eigenvalue weighted by molar-refractivity contribution is -0.115. The van der Waals surface area contributed by atoms with Crippen molar-refractivity contribution in [3.05, 3.63) is 40.6 Å². The molecule has 18 heavy (non-hydrogen) atoms. The van der Waals surface area contributed by atoms with E-state index in [1.807, 2.05) is 57.4 Å². The van der Waals surface area contributed by atoms with E-state index in [4.69, 9.17) is 5.73 Å². The Labute approximate surface area is 114 Å². The molecule has 2 N–H and O–H groups in total. The van der Waals surface area contributed by atoms with E-state index in [-0.39, 0.29) is 11.8 Å². The van der Waals surface area contributed by atoms with Gasteiger partial charge >= 0.3 is 0 Å². The van der Waals surface area contributed by atoms with Crippen LogP contribution in [0.25, 0.3) is 6.08 Å². The maximum atomic E-state index is 10.8. The Morgan fingerprint density at radius 3 is 2.17 bits per heavy atom. The predicted octanol–water partition coefficient (Wildman–Crippen LogP) is 4.10. The second-order valence-corrected chi connectivity index (χ2v) is 5.58. The molecule has 0 unspecified atom stereocenters. The Bertz CT molecular complexity index is 389. The lowest BCUT2D eigenvalue weighted by Crippen LogP contribution is -2.18. The minimum atomic E-state index is -0.297. The first-order chi connectivity index (χ1) is 8.38. The van der Waals surface area contributed by atoms with Gasteiger partial charge in [-0.05, 0) is 23.3 Å². The lowest BCUT2D eigenvalue weighted by Gasteiger charge is -2.08. The minimum Gasteiger partial charge on any atom is -0.366 e. The zero-order valence-corrected chi connectivity index (χ0v) is 12.5. The average Bonchev–Trinajstić information content (AvgIpc) is 2.78. The van der Waals surface area contributed by atoms with Crippen LogP contribution in [0.5, 0.6) is 0 Å². The van der Waals surface area contributed by atoms with E-state index in [0.717, 1.165) is 5.57 Å². The van der Waals surface area contributed by atoms with Crippen LogP contribution in [0, 0.1) is 11.8 Å². The maximum absolute atomic E-state index is 10.8. The van der Waals surface area contributed by atoms with Crippen LogP contribution in [0.4, 0.5) is 0 Å². The summed E-state index contributed by atoms with van der Waals surface area (Å²) < 4.78 is 0. The SMILES string of the molecule is C=Cc1cccs1.CC(C)C=C(C(N)=O)C(C)C. The third-order valence-electron chi connectivity index (χ3n) is 2.16. The minimum absolute atomic E-state index is 0.231. The fourth-order valence-corrected chi connectivity index (χ4v) is 1.89. The lowest BCUT2D eigenvalue weighted by atomic mass is 9.99. The number of carbonyl (C=O) groups excluding carboxylic acids is 1. The van der Waals surface area contributed by atoms with Crippen molar-refractivity contribution >= 4 is 23.3 Å². The highest BCUT2D eigenvalue weighted by atomic mass is 32.1. The molecule has 100 valence electrons. The molecule has 0 aliphatic rings. The van der Waals surface area contributed by atoms with E-state index in [2.05, 4.69) is 6.58 Å². The molecule has 0 aromatic carbocycles. The molecular formula is C15H23NOS. The number of amides is 1. The molecule has 1 aromatic heterocycles. The van der Waals surface area contributed by atoms with Crippen molar-refractivity contribution in [3.8, 4) is 0 Å². The van der Waals surface area contributed by atoms with E-state index in [1.54, 1.807) is 11.3 Å². The fourth-order valence-electron chi connectivity index (χ4n) is 1.33. The molecular weight excluding hydrogens is 242 g/mol. The van der Waals surface area contributed by atoms with Gasteiger partial charge in [0.2, 0.25) is 5.91 Å². The molecule has 0 fully saturated rings. The second-order valence-electron chi connectivity index (χ2n) is 4.60. The predicted molar refractivity (Wildman–Crippen MR) is 81.4 cm³/mol. The Kier molecular flexibility index (Phi) is 8.05. The van der Waals surface area contributed by atoms with Gasteiger partial charge in [0.05, 0.1) is 0 Å². The van der Waals surface area contributed by atoms with Gasteiger partial charge in [-0.25, -0.2) is 0 Å². The van der Waals surface area contributed by atoms with Crippen LogP contribution in [0.1, 0.15) is 32.6 Å². The number of carbonyl (C=O) groups is 1. The molecule has 2 nitrogen and oxygen atoms in total. The molecule has 0 saturated carbocycles. The first-order valence-corrected chi connectivity index (χ1v) is 6.93. The summed E-state index contributed by atoms with van der Waals surface area (Å²) in [7, 11) is 0. The summed E-state index contributed by atoms with van der Waals surface area (Å²) in [5.74, 6) is 0.323. The summed E-state index contributed by atoms with van der Waals surface area (Å²) in [6.07, 6.45) is 3.78. The van der Waals surface area contributed by atoms with E-state index in [0.29, 0.717) is 5.92 Å². The first kappa shape index (κ1) is 16.6. The fraction of sp³-hybridized carbons (Fsp3) is 0.400. The number of hydrogen-bond donors (Lipinski definition) is 1. The van der Waals surface area contributed by atoms with Gasteiger partial charge in [0.25, 0.3) is 0 Å². The topological polar surface area (TPSA) is 43.1 Å². The highest BCUT2D eigenvalue weighted by Gasteiger charge is 2.09. The largest absolute Gasteiger partial charge is 0.366 e. The van der Waals surface area contributed by atoms with Crippen molar-refractivity contribution in [2.24, 2.45) is 17.6 Å². The Morgan fingerprint density at radius 2 is 2.00 bits per heavy atom. The molecule has 0 saturated heterocycles. The Morgan fingerprint density at radius 1 is 1.39 bits per heavy atom. The van der Waals surface area contributed by atoms with Crippen molar-refractivity contribution in [1.29, 1.82) is 0 Å². The molecule has 0 spiro atoms. The number of nitrogens with two attached hydrogens (primary N) is 1. The molecule has 1 heterocycles. The van der Waals surface area contributed by atoms with Gasteiger partial charge in [-0.1, -0.05) is 52.5 Å². The summed E-state index contributed by atoms with van der Waals surface area (Å²) >= 11 is 1.70. The number of hydrogen-bond acceptors (Lipinski definition) is 2. The van der Waals surface area contributed by atoms with Gasteiger partial charge in [-0.15, -0.1) is 11.3 Å². The molecule has 1 rings (SSSR count). The van der Waals surface area contributed by atoms with Crippen LogP contribution in [0.3, 0.4) is 0 Å². The smallest absolute Gasteiger partial charge is 0.244 e. The normalized spacial score (nSPS) is 11.1. The van der Waals surface area contributed by atoms with Gasteiger partial charge < -0.3 is 5.73 Å². The van der Waals surface area contributed by atoms with Gasteiger partial charge in [0.15, 0.2) is 0 Å².